The number of hydrazone groups is 1. The van der Waals surface area contributed by atoms with Crippen LogP contribution in [-0.4, -0.2) is 32.2 Å². The molecule has 0 aromatic heterocycles. The Hall–Kier alpha value is -2.28. The summed E-state index contributed by atoms with van der Waals surface area (Å²) in [7, 11) is -5.64. The van der Waals surface area contributed by atoms with Crippen molar-refractivity contribution in [2.75, 3.05) is 22.7 Å². The summed E-state index contributed by atoms with van der Waals surface area (Å²) in [5.41, 5.74) is -4.36. The van der Waals surface area contributed by atoms with Gasteiger partial charge in [0, 0.05) is 18.8 Å². The summed E-state index contributed by atoms with van der Waals surface area (Å²) in [6.07, 6.45) is 1.53. The number of rotatable bonds is 6. The summed E-state index contributed by atoms with van der Waals surface area (Å²) in [5.74, 6) is 5.50. The summed E-state index contributed by atoms with van der Waals surface area (Å²) in [4.78, 5) is 2.02. The fourth-order valence-corrected chi connectivity index (χ4v) is 3.81. The molecular formula is C17H23F3N6O2S2. The summed E-state index contributed by atoms with van der Waals surface area (Å²) in [6.45, 7) is 8.93. The molecule has 0 aliphatic carbocycles. The highest BCUT2D eigenvalue weighted by Crippen LogP contribution is 2.39. The molecule has 166 valence electrons. The highest BCUT2D eigenvalue weighted by molar-refractivity contribution is 8.16. The van der Waals surface area contributed by atoms with Crippen molar-refractivity contribution < 1.29 is 21.6 Å². The molecule has 0 amide bonds. The lowest BCUT2D eigenvalue weighted by Crippen LogP contribution is -2.33. The number of benzene rings is 1. The molecule has 1 aromatic rings. The van der Waals surface area contributed by atoms with Crippen molar-refractivity contribution in [3.8, 4) is 0 Å². The Kier molecular flexibility index (Phi) is 7.75. The predicted octanol–water partition coefficient (Wildman–Crippen LogP) is 4.55. The lowest BCUT2D eigenvalue weighted by atomic mass is 9.99. The summed E-state index contributed by atoms with van der Waals surface area (Å²) in [6, 6.07) is 2.90. The van der Waals surface area contributed by atoms with Gasteiger partial charge in [0.15, 0.2) is 0 Å². The van der Waals surface area contributed by atoms with E-state index in [2.05, 4.69) is 21.9 Å². The Morgan fingerprint density at radius 3 is 2.70 bits per heavy atom. The minimum Gasteiger partial charge on any atom is -0.371 e. The number of nitrogens with one attached hydrogen (secondary N) is 1. The van der Waals surface area contributed by atoms with Crippen LogP contribution in [0.1, 0.15) is 25.8 Å². The zero-order valence-corrected chi connectivity index (χ0v) is 18.1. The van der Waals surface area contributed by atoms with Gasteiger partial charge in [-0.05, 0) is 41.9 Å². The van der Waals surface area contributed by atoms with Crippen LogP contribution in [0.15, 0.2) is 39.4 Å². The van der Waals surface area contributed by atoms with Gasteiger partial charge in [0.05, 0.1) is 5.69 Å². The molecular weight excluding hydrogens is 441 g/mol. The normalized spacial score (nSPS) is 15.5. The molecule has 0 spiro atoms. The number of hydrogen-bond donors (Lipinski definition) is 2. The van der Waals surface area contributed by atoms with E-state index < -0.39 is 15.5 Å². The summed E-state index contributed by atoms with van der Waals surface area (Å²) < 4.78 is 63.9. The standard InChI is InChI=1S/C17H23F3N6O2S2/c1-4-29-16(22-21)24-23-13-8-12-6-5-7-26(10-11(2)3)15(12)9-14(13)25-30(27,28)17(18,19)20/h4,8-9,11,25H,1,5-7,10,21H2,2-3H3/b22-16-,24-23+. The van der Waals surface area contributed by atoms with E-state index in [9.17, 15) is 21.6 Å². The molecule has 0 atom stereocenters. The Morgan fingerprint density at radius 1 is 1.43 bits per heavy atom. The van der Waals surface area contributed by atoms with Crippen molar-refractivity contribution in [1.29, 1.82) is 0 Å². The number of azo groups is 1. The van der Waals surface area contributed by atoms with Crippen LogP contribution in [0.5, 0.6) is 0 Å². The first-order chi connectivity index (χ1) is 14.0. The molecule has 0 radical (unpaired) electrons. The number of hydrogen-bond acceptors (Lipinski definition) is 7. The predicted molar refractivity (Wildman–Crippen MR) is 114 cm³/mol. The Bertz CT molecular complexity index is 946. The van der Waals surface area contributed by atoms with Gasteiger partial charge in [-0.2, -0.15) is 26.7 Å². The van der Waals surface area contributed by atoms with Gasteiger partial charge in [-0.3, -0.25) is 4.72 Å². The van der Waals surface area contributed by atoms with Crippen LogP contribution in [0.3, 0.4) is 0 Å². The van der Waals surface area contributed by atoms with E-state index in [0.29, 0.717) is 24.6 Å². The maximum absolute atomic E-state index is 12.9. The quantitative estimate of drug-likeness (QED) is 0.211. The number of aryl methyl sites for hydroxylation is 1. The van der Waals surface area contributed by atoms with E-state index >= 15 is 0 Å². The third-order valence-corrected chi connectivity index (χ3v) is 5.75. The number of nitrogens with two attached hydrogens (primary N) is 1. The first-order valence-electron chi connectivity index (χ1n) is 8.96. The monoisotopic (exact) mass is 464 g/mol. The number of halogens is 3. The largest absolute Gasteiger partial charge is 0.516 e. The van der Waals surface area contributed by atoms with Crippen molar-refractivity contribution in [2.45, 2.75) is 32.2 Å². The molecule has 0 unspecified atom stereocenters. The lowest BCUT2D eigenvalue weighted by molar-refractivity contribution is -0.0429. The number of fused-ring (bicyclic) bond motifs is 1. The molecule has 1 aliphatic heterocycles. The van der Waals surface area contributed by atoms with Crippen molar-refractivity contribution in [3.05, 3.63) is 29.7 Å². The molecule has 1 heterocycles. The minimum absolute atomic E-state index is 0.00813. The zero-order chi connectivity index (χ0) is 22.5. The van der Waals surface area contributed by atoms with E-state index in [1.807, 2.05) is 18.7 Å². The van der Waals surface area contributed by atoms with Crippen molar-refractivity contribution in [1.82, 2.24) is 0 Å². The lowest BCUT2D eigenvalue weighted by Gasteiger charge is -2.33. The van der Waals surface area contributed by atoms with Gasteiger partial charge < -0.3 is 10.7 Å². The first-order valence-corrected chi connectivity index (χ1v) is 11.3. The summed E-state index contributed by atoms with van der Waals surface area (Å²) >= 11 is 0.956. The third-order valence-electron chi connectivity index (χ3n) is 4.09. The fourth-order valence-electron chi connectivity index (χ4n) is 2.94. The average molecular weight is 465 g/mol. The molecule has 2 rings (SSSR count). The second-order valence-corrected chi connectivity index (χ2v) is 9.50. The Morgan fingerprint density at radius 2 is 2.13 bits per heavy atom. The summed E-state index contributed by atoms with van der Waals surface area (Å²) in [5, 5.41) is 12.5. The van der Waals surface area contributed by atoms with Gasteiger partial charge in [-0.15, -0.1) is 10.2 Å². The Labute approximate surface area is 177 Å². The van der Waals surface area contributed by atoms with Gasteiger partial charge in [0.1, 0.15) is 5.69 Å². The number of alkyl halides is 3. The van der Waals surface area contributed by atoms with Gasteiger partial charge in [-0.1, -0.05) is 32.2 Å². The highest BCUT2D eigenvalue weighted by atomic mass is 32.2. The van der Waals surface area contributed by atoms with E-state index in [1.54, 1.807) is 4.72 Å². The molecule has 1 aliphatic rings. The van der Waals surface area contributed by atoms with Crippen LogP contribution in [0, 0.1) is 5.92 Å². The molecule has 30 heavy (non-hydrogen) atoms. The van der Waals surface area contributed by atoms with Crippen molar-refractivity contribution in [2.24, 2.45) is 27.1 Å². The maximum Gasteiger partial charge on any atom is 0.516 e. The van der Waals surface area contributed by atoms with Gasteiger partial charge in [0.2, 0.25) is 5.17 Å². The second kappa shape index (κ2) is 9.69. The van der Waals surface area contributed by atoms with Crippen LogP contribution in [0.4, 0.5) is 30.2 Å². The molecule has 0 saturated carbocycles. The average Bonchev–Trinajstić information content (AvgIpc) is 2.64. The van der Waals surface area contributed by atoms with Crippen LogP contribution < -0.4 is 15.5 Å². The number of thioether (sulfide) groups is 1. The topological polar surface area (TPSA) is 113 Å². The number of nitrogens with zero attached hydrogens (tertiary/aromatic N) is 4. The molecule has 8 nitrogen and oxygen atoms in total. The second-order valence-electron chi connectivity index (χ2n) is 6.89. The van der Waals surface area contributed by atoms with Gasteiger partial charge in [0.25, 0.3) is 0 Å². The molecule has 0 fully saturated rings. The van der Waals surface area contributed by atoms with Gasteiger partial charge in [-0.25, -0.2) is 0 Å². The van der Waals surface area contributed by atoms with E-state index in [1.165, 1.54) is 17.5 Å². The van der Waals surface area contributed by atoms with E-state index in [-0.39, 0.29) is 16.5 Å². The molecule has 0 bridgehead atoms. The first kappa shape index (κ1) is 24.0. The number of amidine groups is 1. The highest BCUT2D eigenvalue weighted by Gasteiger charge is 2.46. The number of anilines is 2. The third kappa shape index (κ3) is 5.88. The van der Waals surface area contributed by atoms with Crippen LogP contribution in [0.25, 0.3) is 0 Å². The Balaban J connectivity index is 2.56. The maximum atomic E-state index is 12.9. The van der Waals surface area contributed by atoms with Gasteiger partial charge >= 0.3 is 15.5 Å². The van der Waals surface area contributed by atoms with E-state index in [0.717, 1.165) is 30.3 Å². The van der Waals surface area contributed by atoms with Crippen molar-refractivity contribution in [3.63, 3.8) is 0 Å². The fraction of sp³-hybridized carbons (Fsp3) is 0.471. The van der Waals surface area contributed by atoms with Crippen LogP contribution in [0.2, 0.25) is 0 Å². The molecule has 1 aromatic carbocycles. The van der Waals surface area contributed by atoms with Crippen LogP contribution in [-0.2, 0) is 16.4 Å². The smallest absolute Gasteiger partial charge is 0.371 e. The van der Waals surface area contributed by atoms with Crippen molar-refractivity contribution >= 4 is 44.0 Å². The van der Waals surface area contributed by atoms with Crippen LogP contribution >= 0.6 is 11.8 Å². The minimum atomic E-state index is -5.64. The molecule has 0 saturated heterocycles. The van der Waals surface area contributed by atoms with E-state index in [4.69, 9.17) is 5.84 Å². The zero-order valence-electron chi connectivity index (χ0n) is 16.5. The number of sulfonamides is 1. The SMILES string of the molecule is C=CSC(=N\N)/N=N/c1cc2c(cc1NS(=O)(=O)C(F)(F)F)N(CC(C)C)CCC2. The molecule has 3 N–H and O–H groups in total. The molecule has 13 heteroatoms.